The summed E-state index contributed by atoms with van der Waals surface area (Å²) < 4.78 is 22.9. The fraction of sp³-hybridized carbons (Fsp3) is 0.800. The second kappa shape index (κ2) is 6.59. The first kappa shape index (κ1) is 16.4. The minimum absolute atomic E-state index is 0.0496. The van der Waals surface area contributed by atoms with E-state index in [1.54, 1.807) is 0 Å². The molecule has 1 aromatic heterocycles. The molecule has 0 aromatic carbocycles. The first-order valence-corrected chi connectivity index (χ1v) is 10.4. The van der Waals surface area contributed by atoms with E-state index in [0.29, 0.717) is 12.8 Å². The van der Waals surface area contributed by atoms with Crippen LogP contribution in [0, 0.1) is 5.92 Å². The van der Waals surface area contributed by atoms with Crippen molar-refractivity contribution in [2.45, 2.75) is 51.0 Å². The zero-order valence-corrected chi connectivity index (χ0v) is 14.3. The minimum Gasteiger partial charge on any atom is -0.339 e. The molecule has 7 nitrogen and oxygen atoms in total. The number of aromatic nitrogens is 3. The van der Waals surface area contributed by atoms with Crippen LogP contribution in [0.3, 0.4) is 0 Å². The highest BCUT2D eigenvalue weighted by molar-refractivity contribution is 7.90. The maximum Gasteiger partial charge on any atom is 0.226 e. The van der Waals surface area contributed by atoms with Crippen LogP contribution in [0.15, 0.2) is 0 Å². The molecule has 1 aliphatic heterocycles. The van der Waals surface area contributed by atoms with Crippen molar-refractivity contribution < 1.29 is 13.2 Å². The van der Waals surface area contributed by atoms with Crippen LogP contribution in [-0.4, -0.2) is 59.2 Å². The first-order chi connectivity index (χ1) is 10.9. The molecular weight excluding hydrogens is 316 g/mol. The average Bonchev–Trinajstić information content (AvgIpc) is 2.99. The molecule has 0 radical (unpaired) electrons. The van der Waals surface area contributed by atoms with Gasteiger partial charge in [0, 0.05) is 31.2 Å². The lowest BCUT2D eigenvalue weighted by atomic mass is 9.87. The van der Waals surface area contributed by atoms with Crippen LogP contribution in [0.5, 0.6) is 0 Å². The van der Waals surface area contributed by atoms with Crippen molar-refractivity contribution in [1.29, 1.82) is 0 Å². The Labute approximate surface area is 136 Å². The Morgan fingerprint density at radius 2 is 2.04 bits per heavy atom. The molecule has 0 spiro atoms. The zero-order valence-electron chi connectivity index (χ0n) is 13.5. The molecule has 1 fully saturated rings. The highest BCUT2D eigenvalue weighted by Gasteiger charge is 2.34. The number of amides is 1. The predicted octanol–water partition coefficient (Wildman–Crippen LogP) is 0.725. The molecule has 0 bridgehead atoms. The SMILES string of the molecule is CS(=O)(=O)CCC1CCCCN1C(=O)C1CCc2n[nH]nc2C1. The Balaban J connectivity index is 1.67. The van der Waals surface area contributed by atoms with Crippen molar-refractivity contribution >= 4 is 15.7 Å². The Morgan fingerprint density at radius 1 is 1.26 bits per heavy atom. The van der Waals surface area contributed by atoms with Gasteiger partial charge in [0.05, 0.1) is 17.1 Å². The van der Waals surface area contributed by atoms with Crippen LogP contribution in [0.25, 0.3) is 0 Å². The largest absolute Gasteiger partial charge is 0.339 e. The molecule has 3 rings (SSSR count). The van der Waals surface area contributed by atoms with E-state index in [2.05, 4.69) is 15.4 Å². The van der Waals surface area contributed by atoms with Gasteiger partial charge in [-0.2, -0.15) is 15.4 Å². The molecular formula is C15H24N4O3S. The number of carbonyl (C=O) groups excluding carboxylic acids is 1. The standard InChI is InChI=1S/C15H24N4O3S/c1-23(21,22)9-7-12-4-2-3-8-19(12)15(20)11-5-6-13-14(10-11)17-18-16-13/h11-12H,2-10H2,1H3,(H,16,17,18). The maximum atomic E-state index is 12.9. The number of nitrogens with one attached hydrogen (secondary N) is 1. The summed E-state index contributed by atoms with van der Waals surface area (Å²) in [5, 5.41) is 10.9. The Morgan fingerprint density at radius 3 is 2.83 bits per heavy atom. The van der Waals surface area contributed by atoms with E-state index in [4.69, 9.17) is 0 Å². The lowest BCUT2D eigenvalue weighted by Crippen LogP contribution is -2.48. The van der Waals surface area contributed by atoms with Crippen molar-refractivity contribution in [3.8, 4) is 0 Å². The smallest absolute Gasteiger partial charge is 0.226 e. The number of rotatable bonds is 4. The topological polar surface area (TPSA) is 96.0 Å². The number of piperidine rings is 1. The Bertz CT molecular complexity index is 670. The number of fused-ring (bicyclic) bond motifs is 1. The van der Waals surface area contributed by atoms with Gasteiger partial charge in [-0.25, -0.2) is 8.42 Å². The van der Waals surface area contributed by atoms with E-state index < -0.39 is 9.84 Å². The summed E-state index contributed by atoms with van der Waals surface area (Å²) in [6, 6.07) is 0.0599. The summed E-state index contributed by atoms with van der Waals surface area (Å²) in [6.45, 7) is 0.745. The van der Waals surface area contributed by atoms with Crippen LogP contribution >= 0.6 is 0 Å². The van der Waals surface area contributed by atoms with Gasteiger partial charge in [-0.3, -0.25) is 4.79 Å². The second-order valence-electron chi connectivity index (χ2n) is 6.76. The van der Waals surface area contributed by atoms with E-state index in [9.17, 15) is 13.2 Å². The van der Waals surface area contributed by atoms with Crippen LogP contribution < -0.4 is 0 Å². The molecule has 8 heteroatoms. The summed E-state index contributed by atoms with van der Waals surface area (Å²) in [7, 11) is -2.99. The molecule has 2 heterocycles. The van der Waals surface area contributed by atoms with Gasteiger partial charge in [-0.05, 0) is 38.5 Å². The lowest BCUT2D eigenvalue weighted by molar-refractivity contribution is -0.139. The van der Waals surface area contributed by atoms with Gasteiger partial charge in [0.1, 0.15) is 9.84 Å². The van der Waals surface area contributed by atoms with Crippen LogP contribution in [-0.2, 0) is 27.5 Å². The van der Waals surface area contributed by atoms with Crippen molar-refractivity contribution in [3.63, 3.8) is 0 Å². The average molecular weight is 340 g/mol. The molecule has 2 aliphatic rings. The zero-order chi connectivity index (χ0) is 16.4. The number of H-pyrrole nitrogens is 1. The third-order valence-electron chi connectivity index (χ3n) is 4.95. The number of hydrogen-bond donors (Lipinski definition) is 1. The van der Waals surface area contributed by atoms with Gasteiger partial charge >= 0.3 is 0 Å². The molecule has 0 saturated carbocycles. The summed E-state index contributed by atoms with van der Waals surface area (Å²) in [5.74, 6) is 0.266. The normalized spacial score (nSPS) is 25.2. The molecule has 1 saturated heterocycles. The molecule has 1 aliphatic carbocycles. The third-order valence-corrected chi connectivity index (χ3v) is 5.93. The number of carbonyl (C=O) groups is 1. The molecule has 128 valence electrons. The molecule has 1 aromatic rings. The van der Waals surface area contributed by atoms with E-state index in [0.717, 1.165) is 50.0 Å². The van der Waals surface area contributed by atoms with Crippen LogP contribution in [0.1, 0.15) is 43.5 Å². The van der Waals surface area contributed by atoms with Crippen LogP contribution in [0.4, 0.5) is 0 Å². The molecule has 2 atom stereocenters. The number of likely N-dealkylation sites (tertiary alicyclic amines) is 1. The number of nitrogens with zero attached hydrogens (tertiary/aromatic N) is 3. The Kier molecular flexibility index (Phi) is 4.70. The monoisotopic (exact) mass is 340 g/mol. The third kappa shape index (κ3) is 3.91. The van der Waals surface area contributed by atoms with Gasteiger partial charge in [0.25, 0.3) is 0 Å². The van der Waals surface area contributed by atoms with Crippen molar-refractivity contribution in [2.75, 3.05) is 18.6 Å². The summed E-state index contributed by atoms with van der Waals surface area (Å²) in [6.07, 6.45) is 7.00. The summed E-state index contributed by atoms with van der Waals surface area (Å²) in [4.78, 5) is 14.9. The summed E-state index contributed by atoms with van der Waals surface area (Å²) in [5.41, 5.74) is 1.88. The van der Waals surface area contributed by atoms with Gasteiger partial charge in [0.2, 0.25) is 5.91 Å². The number of aryl methyl sites for hydroxylation is 1. The maximum absolute atomic E-state index is 12.9. The van der Waals surface area contributed by atoms with E-state index in [-0.39, 0.29) is 23.6 Å². The van der Waals surface area contributed by atoms with Gasteiger partial charge in [-0.1, -0.05) is 0 Å². The molecule has 23 heavy (non-hydrogen) atoms. The van der Waals surface area contributed by atoms with E-state index in [1.165, 1.54) is 6.26 Å². The van der Waals surface area contributed by atoms with Gasteiger partial charge in [0.15, 0.2) is 0 Å². The summed E-state index contributed by atoms with van der Waals surface area (Å²) >= 11 is 0. The van der Waals surface area contributed by atoms with Gasteiger partial charge in [-0.15, -0.1) is 0 Å². The minimum atomic E-state index is -2.99. The highest BCUT2D eigenvalue weighted by Crippen LogP contribution is 2.28. The second-order valence-corrected chi connectivity index (χ2v) is 9.02. The van der Waals surface area contributed by atoms with E-state index >= 15 is 0 Å². The molecule has 2 unspecified atom stereocenters. The fourth-order valence-corrected chi connectivity index (χ4v) is 4.37. The predicted molar refractivity (Wildman–Crippen MR) is 85.6 cm³/mol. The fourth-order valence-electron chi connectivity index (χ4n) is 3.67. The Hall–Kier alpha value is -1.44. The molecule has 1 N–H and O–H groups in total. The first-order valence-electron chi connectivity index (χ1n) is 8.31. The molecule has 1 amide bonds. The van der Waals surface area contributed by atoms with E-state index in [1.807, 2.05) is 4.90 Å². The number of aromatic amines is 1. The van der Waals surface area contributed by atoms with Crippen molar-refractivity contribution in [1.82, 2.24) is 20.3 Å². The van der Waals surface area contributed by atoms with Crippen LogP contribution in [0.2, 0.25) is 0 Å². The van der Waals surface area contributed by atoms with Crippen molar-refractivity contribution in [2.24, 2.45) is 5.92 Å². The lowest BCUT2D eigenvalue weighted by Gasteiger charge is -2.38. The highest BCUT2D eigenvalue weighted by atomic mass is 32.2. The van der Waals surface area contributed by atoms with Gasteiger partial charge < -0.3 is 4.90 Å². The van der Waals surface area contributed by atoms with Crippen molar-refractivity contribution in [3.05, 3.63) is 11.4 Å². The number of sulfone groups is 1. The quantitative estimate of drug-likeness (QED) is 0.871. The number of hydrogen-bond acceptors (Lipinski definition) is 5.